The largest absolute Gasteiger partial charge is 0.406 e. The average molecular weight is 391 g/mol. The number of aromatic nitrogens is 1. The smallest absolute Gasteiger partial charge is 0.295 e. The third-order valence-corrected chi connectivity index (χ3v) is 4.24. The molecular formula is C22H21N3O4. The Morgan fingerprint density at radius 2 is 1.59 bits per heavy atom. The van der Waals surface area contributed by atoms with Gasteiger partial charge in [0, 0.05) is 24.5 Å². The maximum absolute atomic E-state index is 12.6. The number of carbonyl (C=O) groups is 2. The van der Waals surface area contributed by atoms with Crippen LogP contribution in [-0.2, 0) is 11.4 Å². The molecule has 0 fully saturated rings. The van der Waals surface area contributed by atoms with Crippen LogP contribution in [0.3, 0.4) is 0 Å². The summed E-state index contributed by atoms with van der Waals surface area (Å²) in [6, 6.07) is 17.3. The van der Waals surface area contributed by atoms with Crippen molar-refractivity contribution in [2.75, 3.05) is 10.6 Å². The van der Waals surface area contributed by atoms with Crippen molar-refractivity contribution in [2.45, 2.75) is 20.5 Å². The van der Waals surface area contributed by atoms with E-state index in [2.05, 4.69) is 10.6 Å². The zero-order valence-electron chi connectivity index (χ0n) is 16.1. The van der Waals surface area contributed by atoms with Crippen LogP contribution in [0.1, 0.15) is 28.4 Å². The summed E-state index contributed by atoms with van der Waals surface area (Å²) in [6.07, 6.45) is 1.47. The zero-order valence-corrected chi connectivity index (χ0v) is 16.1. The zero-order chi connectivity index (χ0) is 20.8. The fourth-order valence-electron chi connectivity index (χ4n) is 2.70. The minimum absolute atomic E-state index is 0.0387. The quantitative estimate of drug-likeness (QED) is 0.676. The van der Waals surface area contributed by atoms with Crippen molar-refractivity contribution in [3.8, 4) is 0 Å². The first-order valence-corrected chi connectivity index (χ1v) is 9.02. The number of nitrogens with zero attached hydrogens (tertiary/aromatic N) is 1. The van der Waals surface area contributed by atoms with Gasteiger partial charge in [0.2, 0.25) is 5.91 Å². The van der Waals surface area contributed by atoms with Gasteiger partial charge in [-0.2, -0.15) is 4.73 Å². The summed E-state index contributed by atoms with van der Waals surface area (Å²) in [4.78, 5) is 41.8. The van der Waals surface area contributed by atoms with Gasteiger partial charge in [-0.25, -0.2) is 0 Å². The van der Waals surface area contributed by atoms with E-state index in [1.807, 2.05) is 31.2 Å². The Bertz CT molecular complexity index is 1090. The van der Waals surface area contributed by atoms with Gasteiger partial charge in [-0.15, -0.1) is 0 Å². The van der Waals surface area contributed by atoms with Crippen molar-refractivity contribution in [1.29, 1.82) is 0 Å². The Balaban J connectivity index is 1.71. The average Bonchev–Trinajstić information content (AvgIpc) is 2.69. The fraction of sp³-hybridized carbons (Fsp3) is 0.136. The van der Waals surface area contributed by atoms with Gasteiger partial charge in [-0.3, -0.25) is 14.4 Å². The minimum Gasteiger partial charge on any atom is -0.406 e. The van der Waals surface area contributed by atoms with E-state index < -0.39 is 11.5 Å². The van der Waals surface area contributed by atoms with Crippen molar-refractivity contribution in [2.24, 2.45) is 0 Å². The molecule has 0 unspecified atom stereocenters. The first kappa shape index (κ1) is 19.9. The van der Waals surface area contributed by atoms with Crippen molar-refractivity contribution in [3.63, 3.8) is 0 Å². The molecule has 0 aliphatic rings. The molecule has 7 heteroatoms. The number of aryl methyl sites for hydroxylation is 1. The molecule has 2 amide bonds. The Morgan fingerprint density at radius 1 is 0.931 bits per heavy atom. The van der Waals surface area contributed by atoms with Crippen LogP contribution in [0.5, 0.6) is 0 Å². The summed E-state index contributed by atoms with van der Waals surface area (Å²) in [5.74, 6) is -0.728. The highest BCUT2D eigenvalue weighted by Gasteiger charge is 2.13. The molecule has 0 bridgehead atoms. The lowest BCUT2D eigenvalue weighted by atomic mass is 10.1. The van der Waals surface area contributed by atoms with Crippen LogP contribution in [0.4, 0.5) is 11.4 Å². The van der Waals surface area contributed by atoms with Crippen LogP contribution in [0.2, 0.25) is 0 Å². The number of amides is 2. The van der Waals surface area contributed by atoms with Gasteiger partial charge in [0.1, 0.15) is 12.2 Å². The van der Waals surface area contributed by atoms with E-state index in [1.165, 1.54) is 19.2 Å². The van der Waals surface area contributed by atoms with Gasteiger partial charge < -0.3 is 15.5 Å². The first-order valence-electron chi connectivity index (χ1n) is 9.02. The van der Waals surface area contributed by atoms with E-state index in [4.69, 9.17) is 4.84 Å². The minimum atomic E-state index is -0.548. The van der Waals surface area contributed by atoms with Crippen LogP contribution in [0.25, 0.3) is 0 Å². The predicted molar refractivity (Wildman–Crippen MR) is 111 cm³/mol. The number of rotatable bonds is 6. The molecular weight excluding hydrogens is 370 g/mol. The highest BCUT2D eigenvalue weighted by molar-refractivity contribution is 6.04. The van der Waals surface area contributed by atoms with Gasteiger partial charge in [0.05, 0.1) is 0 Å². The van der Waals surface area contributed by atoms with Crippen LogP contribution in [0, 0.1) is 6.92 Å². The van der Waals surface area contributed by atoms with Crippen molar-refractivity contribution >= 4 is 23.2 Å². The molecule has 0 saturated heterocycles. The van der Waals surface area contributed by atoms with Gasteiger partial charge in [0.25, 0.3) is 11.5 Å². The summed E-state index contributed by atoms with van der Waals surface area (Å²) in [7, 11) is 0. The van der Waals surface area contributed by atoms with Crippen molar-refractivity contribution < 1.29 is 14.4 Å². The van der Waals surface area contributed by atoms with Crippen LogP contribution >= 0.6 is 0 Å². The van der Waals surface area contributed by atoms with Crippen LogP contribution in [0.15, 0.2) is 71.7 Å². The maximum Gasteiger partial charge on any atom is 0.295 e. The molecule has 2 aromatic carbocycles. The Kier molecular flexibility index (Phi) is 6.09. The van der Waals surface area contributed by atoms with Crippen LogP contribution in [-0.4, -0.2) is 16.5 Å². The molecule has 0 spiro atoms. The molecule has 148 valence electrons. The SMILES string of the molecule is CC(=O)Nc1ccc(NC(=O)c2cccn(OCc3ccccc3C)c2=O)cc1. The summed E-state index contributed by atoms with van der Waals surface area (Å²) in [5, 5.41) is 5.31. The molecule has 29 heavy (non-hydrogen) atoms. The van der Waals surface area contributed by atoms with E-state index in [0.29, 0.717) is 11.4 Å². The normalized spacial score (nSPS) is 10.3. The second-order valence-corrected chi connectivity index (χ2v) is 6.47. The topological polar surface area (TPSA) is 89.4 Å². The van der Waals surface area contributed by atoms with E-state index >= 15 is 0 Å². The third-order valence-electron chi connectivity index (χ3n) is 4.24. The number of pyridine rings is 1. The molecule has 0 radical (unpaired) electrons. The Morgan fingerprint density at radius 3 is 2.24 bits per heavy atom. The highest BCUT2D eigenvalue weighted by Crippen LogP contribution is 2.14. The number of benzene rings is 2. The molecule has 7 nitrogen and oxygen atoms in total. The van der Waals surface area contributed by atoms with Crippen molar-refractivity contribution in [1.82, 2.24) is 4.73 Å². The monoisotopic (exact) mass is 391 g/mol. The standard InChI is InChI=1S/C22H21N3O4/c1-15-6-3-4-7-17(15)14-29-25-13-5-8-20(22(25)28)21(27)24-19-11-9-18(10-12-19)23-16(2)26/h3-13H,14H2,1-2H3,(H,23,26)(H,24,27). The summed E-state index contributed by atoms with van der Waals surface area (Å²) < 4.78 is 1.06. The second kappa shape index (κ2) is 8.88. The van der Waals surface area contributed by atoms with Crippen LogP contribution < -0.4 is 21.0 Å². The summed E-state index contributed by atoms with van der Waals surface area (Å²) >= 11 is 0. The Labute approximate surface area is 167 Å². The molecule has 1 aromatic heterocycles. The number of carbonyl (C=O) groups excluding carboxylic acids is 2. The van der Waals surface area contributed by atoms with E-state index in [0.717, 1.165) is 15.9 Å². The first-order chi connectivity index (χ1) is 13.9. The lowest BCUT2D eigenvalue weighted by Crippen LogP contribution is -2.32. The number of hydrogen-bond donors (Lipinski definition) is 2. The van der Waals surface area contributed by atoms with Gasteiger partial charge >= 0.3 is 0 Å². The lowest BCUT2D eigenvalue weighted by Gasteiger charge is -2.11. The molecule has 1 heterocycles. The predicted octanol–water partition coefficient (Wildman–Crippen LogP) is 3.00. The van der Waals surface area contributed by atoms with E-state index in [-0.39, 0.29) is 18.1 Å². The second-order valence-electron chi connectivity index (χ2n) is 6.47. The van der Waals surface area contributed by atoms with Crippen molar-refractivity contribution in [3.05, 3.63) is 93.9 Å². The molecule has 0 aliphatic carbocycles. The summed E-state index contributed by atoms with van der Waals surface area (Å²) in [6.45, 7) is 3.59. The molecule has 2 N–H and O–H groups in total. The van der Waals surface area contributed by atoms with E-state index in [9.17, 15) is 14.4 Å². The maximum atomic E-state index is 12.6. The van der Waals surface area contributed by atoms with Gasteiger partial charge in [0.15, 0.2) is 0 Å². The molecule has 3 aromatic rings. The summed E-state index contributed by atoms with van der Waals surface area (Å²) in [5.41, 5.74) is 2.53. The number of anilines is 2. The van der Waals surface area contributed by atoms with Gasteiger partial charge in [-0.1, -0.05) is 24.3 Å². The molecule has 0 saturated carbocycles. The fourth-order valence-corrected chi connectivity index (χ4v) is 2.70. The molecule has 3 rings (SSSR count). The molecule has 0 aliphatic heterocycles. The van der Waals surface area contributed by atoms with Gasteiger partial charge in [-0.05, 0) is 54.4 Å². The number of nitrogens with one attached hydrogen (secondary N) is 2. The molecule has 0 atom stereocenters. The number of hydrogen-bond acceptors (Lipinski definition) is 4. The Hall–Kier alpha value is -3.87. The lowest BCUT2D eigenvalue weighted by molar-refractivity contribution is -0.114. The van der Waals surface area contributed by atoms with E-state index in [1.54, 1.807) is 30.3 Å². The highest BCUT2D eigenvalue weighted by atomic mass is 16.7. The third kappa shape index (κ3) is 5.10.